The number of likely N-dealkylation sites (N-methyl/N-ethyl adjacent to an activating group) is 1. The first-order valence-corrected chi connectivity index (χ1v) is 21.4. The predicted molar refractivity (Wildman–Crippen MR) is 262 cm³/mol. The minimum atomic E-state index is -0.623. The van der Waals surface area contributed by atoms with E-state index in [-0.39, 0.29) is 23.6 Å². The Balaban J connectivity index is 0.848. The monoisotopic (exact) mass is 842 g/mol. The number of aliphatic hydroxyl groups excluding tert-OH is 1. The zero-order chi connectivity index (χ0) is 44.2. The fourth-order valence-corrected chi connectivity index (χ4v) is 8.37. The molecule has 0 saturated carbocycles. The van der Waals surface area contributed by atoms with Crippen LogP contribution in [0.15, 0.2) is 192 Å². The van der Waals surface area contributed by atoms with Crippen molar-refractivity contribution in [3.63, 3.8) is 0 Å². The number of para-hydroxylation sites is 4. The van der Waals surface area contributed by atoms with Crippen LogP contribution >= 0.6 is 0 Å². The summed E-state index contributed by atoms with van der Waals surface area (Å²) in [6, 6.07) is 52.2. The van der Waals surface area contributed by atoms with Crippen molar-refractivity contribution in [1.82, 2.24) is 18.6 Å². The Kier molecular flexibility index (Phi) is 11.8. The molecule has 64 heavy (non-hydrogen) atoms. The van der Waals surface area contributed by atoms with Gasteiger partial charge in [-0.15, -0.1) is 0 Å². The van der Waals surface area contributed by atoms with Crippen LogP contribution in [0.5, 0.6) is 0 Å². The van der Waals surface area contributed by atoms with Gasteiger partial charge in [0.2, 0.25) is 0 Å². The highest BCUT2D eigenvalue weighted by Gasteiger charge is 2.48. The van der Waals surface area contributed by atoms with Crippen molar-refractivity contribution >= 4 is 64.8 Å². The van der Waals surface area contributed by atoms with Crippen LogP contribution in [0.25, 0.3) is 23.8 Å². The molecule has 4 heterocycles. The maximum Gasteiger partial charge on any atom is 0.180 e. The minimum absolute atomic E-state index is 0.0453. The summed E-state index contributed by atoms with van der Waals surface area (Å²) < 4.78 is 6.14. The van der Waals surface area contributed by atoms with Gasteiger partial charge in [-0.2, -0.15) is 10.2 Å². The molecule has 10 heteroatoms. The molecular formula is C54H50N8O2. The van der Waals surface area contributed by atoms with Crippen LogP contribution in [-0.4, -0.2) is 61.1 Å². The lowest BCUT2D eigenvalue weighted by Crippen LogP contribution is -2.46. The number of allylic oxidation sites excluding steroid dienone is 1. The highest BCUT2D eigenvalue weighted by atomic mass is 16.3. The van der Waals surface area contributed by atoms with Crippen molar-refractivity contribution in [2.45, 2.75) is 12.1 Å². The Morgan fingerprint density at radius 2 is 0.906 bits per heavy atom. The van der Waals surface area contributed by atoms with Gasteiger partial charge in [-0.25, -0.2) is 10.0 Å². The molecule has 3 aromatic heterocycles. The van der Waals surface area contributed by atoms with Crippen molar-refractivity contribution in [2.75, 3.05) is 17.1 Å². The van der Waals surface area contributed by atoms with Crippen molar-refractivity contribution in [3.05, 3.63) is 216 Å². The van der Waals surface area contributed by atoms with E-state index in [1.165, 1.54) is 0 Å². The summed E-state index contributed by atoms with van der Waals surface area (Å²) in [5.41, 5.74) is 9.77. The number of Topliss-reactive ketones (excluding diaryl/α,β-unsaturated/α-hetero) is 1. The van der Waals surface area contributed by atoms with Crippen LogP contribution < -0.4 is 10.0 Å². The average molecular weight is 843 g/mol. The largest absolute Gasteiger partial charge is 0.511 e. The third-order valence-electron chi connectivity index (χ3n) is 12.2. The van der Waals surface area contributed by atoms with Crippen molar-refractivity contribution in [3.8, 4) is 0 Å². The summed E-state index contributed by atoms with van der Waals surface area (Å²) >= 11 is 0. The average Bonchev–Trinajstić information content (AvgIpc) is 4.09. The van der Waals surface area contributed by atoms with E-state index in [2.05, 4.69) is 50.5 Å². The number of carbonyl (C=O) groups is 1. The van der Waals surface area contributed by atoms with Crippen molar-refractivity contribution in [1.29, 1.82) is 0 Å². The van der Waals surface area contributed by atoms with Gasteiger partial charge in [-0.05, 0) is 110 Å². The Morgan fingerprint density at radius 3 is 1.36 bits per heavy atom. The molecule has 0 amide bonds. The van der Waals surface area contributed by atoms with Gasteiger partial charge in [0.25, 0.3) is 0 Å². The van der Waals surface area contributed by atoms with Gasteiger partial charge in [-0.1, -0.05) is 91.0 Å². The number of ketones is 1. The molecule has 3 atom stereocenters. The zero-order valence-corrected chi connectivity index (χ0v) is 36.3. The lowest BCUT2D eigenvalue weighted by atomic mass is 9.76. The van der Waals surface area contributed by atoms with Gasteiger partial charge in [0, 0.05) is 50.3 Å². The van der Waals surface area contributed by atoms with Gasteiger partial charge in [0.1, 0.15) is 5.76 Å². The van der Waals surface area contributed by atoms with Crippen molar-refractivity contribution < 1.29 is 9.90 Å². The third-order valence-corrected chi connectivity index (χ3v) is 12.2. The zero-order valence-electron chi connectivity index (χ0n) is 36.3. The second-order valence-electron chi connectivity index (χ2n) is 16.0. The van der Waals surface area contributed by atoms with Gasteiger partial charge in [-0.3, -0.25) is 9.69 Å². The molecule has 1 aliphatic carbocycles. The first-order chi connectivity index (χ1) is 31.3. The van der Waals surface area contributed by atoms with Gasteiger partial charge in [0.15, 0.2) is 5.78 Å². The Morgan fingerprint density at radius 1 is 0.500 bits per heavy atom. The van der Waals surface area contributed by atoms with E-state index in [0.29, 0.717) is 11.3 Å². The first-order valence-electron chi connectivity index (χ1n) is 21.4. The summed E-state index contributed by atoms with van der Waals surface area (Å²) in [5.74, 6) is -0.550. The topological polar surface area (TPSA) is 86.5 Å². The van der Waals surface area contributed by atoms with Gasteiger partial charge >= 0.3 is 0 Å². The maximum absolute atomic E-state index is 13.8. The van der Waals surface area contributed by atoms with Gasteiger partial charge in [0.05, 0.1) is 63.8 Å². The third kappa shape index (κ3) is 8.22. The highest BCUT2D eigenvalue weighted by molar-refractivity contribution is 6.29. The van der Waals surface area contributed by atoms with E-state index in [0.717, 1.165) is 51.2 Å². The first kappa shape index (κ1) is 41.4. The summed E-state index contributed by atoms with van der Waals surface area (Å²) in [5, 5.41) is 25.1. The van der Waals surface area contributed by atoms with Crippen LogP contribution in [0.3, 0.4) is 0 Å². The fourth-order valence-electron chi connectivity index (χ4n) is 8.37. The summed E-state index contributed by atoms with van der Waals surface area (Å²) in [6.45, 7) is 0. The number of rotatable bonds is 14. The maximum atomic E-state index is 13.8. The smallest absolute Gasteiger partial charge is 0.180 e. The van der Waals surface area contributed by atoms with Crippen LogP contribution in [0.1, 0.15) is 34.2 Å². The molecule has 9 rings (SSSR count). The number of aliphatic hydroxyl groups is 1. The molecule has 0 radical (unpaired) electrons. The lowest BCUT2D eigenvalue weighted by molar-refractivity contribution is -0.120. The fraction of sp³-hybridized carbons (Fsp3) is 0.130. The van der Waals surface area contributed by atoms with E-state index in [1.807, 2.05) is 213 Å². The standard InChI is InChI=1S/C54H50N8O2/c1-57-39(29-31-47(57)37-55-61(43-17-9-5-10-18-43)44-19-11-6-12-20-44)25-27-41-33-35-49(59(41)3)51-53(63)52(54(51)64)50-36-34-42(60(50)4)28-26-40-30-32-48(58(40)2)38-56-62(45-21-13-7-14-22-45)46-23-15-8-16-24-46/h5-38,41,49,51,63H,1-4H3/b27-25+,28-26+,55-37+,56-38+. The molecule has 0 spiro atoms. The van der Waals surface area contributed by atoms with E-state index in [4.69, 9.17) is 10.2 Å². The summed E-state index contributed by atoms with van der Waals surface area (Å²) in [6.07, 6.45) is 16.2. The van der Waals surface area contributed by atoms with E-state index >= 15 is 0 Å². The minimum Gasteiger partial charge on any atom is -0.511 e. The lowest BCUT2D eigenvalue weighted by Gasteiger charge is -2.36. The molecule has 2 aliphatic rings. The number of nitrogens with zero attached hydrogens (tertiary/aromatic N) is 8. The SMILES string of the molecule is CN1C(/C=C/c2ccc(/C=N/N(c3ccccc3)c3ccccc3)n2C)C=CC1C1C(=O)C(c2ccc(/C=C/c3ccc(/C=N/N(c4ccccc4)c4ccccc4)n3C)n2C)=C1O. The van der Waals surface area contributed by atoms with Crippen molar-refractivity contribution in [2.24, 2.45) is 37.3 Å². The number of benzene rings is 4. The molecule has 1 aliphatic heterocycles. The molecular weight excluding hydrogens is 793 g/mol. The van der Waals surface area contributed by atoms with E-state index < -0.39 is 5.92 Å². The summed E-state index contributed by atoms with van der Waals surface area (Å²) in [4.78, 5) is 16.0. The number of carbonyl (C=O) groups excluding carboxylic acids is 1. The molecule has 0 bridgehead atoms. The summed E-state index contributed by atoms with van der Waals surface area (Å²) in [7, 11) is 7.96. The predicted octanol–water partition coefficient (Wildman–Crippen LogP) is 10.6. The molecule has 0 fully saturated rings. The molecule has 0 saturated heterocycles. The molecule has 1 N–H and O–H groups in total. The number of hydrogen-bond acceptors (Lipinski definition) is 7. The number of hydrogen-bond donors (Lipinski definition) is 1. The quantitative estimate of drug-likeness (QED) is 0.0670. The van der Waals surface area contributed by atoms with Gasteiger partial charge < -0.3 is 18.8 Å². The molecule has 318 valence electrons. The Bertz CT molecular complexity index is 2860. The molecule has 7 aromatic rings. The van der Waals surface area contributed by atoms with Crippen LogP contribution in [-0.2, 0) is 25.9 Å². The van der Waals surface area contributed by atoms with E-state index in [9.17, 15) is 9.90 Å². The van der Waals surface area contributed by atoms with Crippen LogP contribution in [0.4, 0.5) is 22.7 Å². The second-order valence-corrected chi connectivity index (χ2v) is 16.0. The van der Waals surface area contributed by atoms with E-state index in [1.54, 1.807) is 0 Å². The normalized spacial score (nSPS) is 17.8. The number of anilines is 4. The number of aromatic nitrogens is 3. The highest BCUT2D eigenvalue weighted by Crippen LogP contribution is 2.42. The molecule has 3 unspecified atom stereocenters. The number of hydrazone groups is 2. The second kappa shape index (κ2) is 18.2. The van der Waals surface area contributed by atoms with Crippen LogP contribution in [0, 0.1) is 5.92 Å². The Hall–Kier alpha value is -7.95. The Labute approximate surface area is 374 Å². The molecule has 10 nitrogen and oxygen atoms in total. The molecule has 4 aromatic carbocycles. The van der Waals surface area contributed by atoms with Crippen LogP contribution in [0.2, 0.25) is 0 Å².